The van der Waals surface area contributed by atoms with Gasteiger partial charge in [0.1, 0.15) is 0 Å². The average Bonchev–Trinajstić information content (AvgIpc) is 2.28. The fourth-order valence-electron chi connectivity index (χ4n) is 1.65. The lowest BCUT2D eigenvalue weighted by Gasteiger charge is -2.08. The van der Waals surface area contributed by atoms with Crippen LogP contribution in [0.25, 0.3) is 0 Å². The standard InChI is InChI=1S/C12H19NO2S2/c1-16-11-9-10(5-3-4-8-13)6-7-12(11)17(2,14)15/h6-7,9H,3-5,8,13H2,1-2H3. The molecule has 0 saturated heterocycles. The summed E-state index contributed by atoms with van der Waals surface area (Å²) in [6, 6.07) is 5.57. The van der Waals surface area contributed by atoms with Crippen LogP contribution in [-0.4, -0.2) is 27.5 Å². The highest BCUT2D eigenvalue weighted by atomic mass is 32.2. The summed E-state index contributed by atoms with van der Waals surface area (Å²) in [5, 5.41) is 0. The maximum absolute atomic E-state index is 11.6. The van der Waals surface area contributed by atoms with Gasteiger partial charge in [-0.25, -0.2) is 8.42 Å². The van der Waals surface area contributed by atoms with E-state index >= 15 is 0 Å². The number of sulfone groups is 1. The van der Waals surface area contributed by atoms with Gasteiger partial charge in [0, 0.05) is 11.2 Å². The van der Waals surface area contributed by atoms with Crippen molar-refractivity contribution in [2.24, 2.45) is 5.73 Å². The molecule has 2 N–H and O–H groups in total. The summed E-state index contributed by atoms with van der Waals surface area (Å²) in [5.74, 6) is 0. The normalized spacial score (nSPS) is 11.7. The topological polar surface area (TPSA) is 60.2 Å². The Morgan fingerprint density at radius 2 is 2.00 bits per heavy atom. The molecule has 0 aliphatic rings. The van der Waals surface area contributed by atoms with E-state index < -0.39 is 9.84 Å². The Hall–Kier alpha value is -0.520. The molecule has 0 heterocycles. The van der Waals surface area contributed by atoms with Crippen LogP contribution in [0.3, 0.4) is 0 Å². The van der Waals surface area contributed by atoms with Crippen LogP contribution in [0.15, 0.2) is 28.0 Å². The van der Waals surface area contributed by atoms with Crippen molar-refractivity contribution >= 4 is 21.6 Å². The van der Waals surface area contributed by atoms with Crippen LogP contribution in [0, 0.1) is 0 Å². The summed E-state index contributed by atoms with van der Waals surface area (Å²) in [6.45, 7) is 0.705. The van der Waals surface area contributed by atoms with Gasteiger partial charge in [0.2, 0.25) is 0 Å². The van der Waals surface area contributed by atoms with Gasteiger partial charge in [-0.3, -0.25) is 0 Å². The van der Waals surface area contributed by atoms with Crippen molar-refractivity contribution in [3.8, 4) is 0 Å². The van der Waals surface area contributed by atoms with Crippen molar-refractivity contribution in [3.63, 3.8) is 0 Å². The number of rotatable bonds is 6. The summed E-state index contributed by atoms with van der Waals surface area (Å²) < 4.78 is 23.1. The number of hydrogen-bond donors (Lipinski definition) is 1. The van der Waals surface area contributed by atoms with E-state index in [1.54, 1.807) is 6.07 Å². The molecule has 0 aromatic heterocycles. The first-order valence-electron chi connectivity index (χ1n) is 5.56. The van der Waals surface area contributed by atoms with Crippen LogP contribution < -0.4 is 5.73 Å². The van der Waals surface area contributed by atoms with E-state index in [0.717, 1.165) is 24.2 Å². The highest BCUT2D eigenvalue weighted by Crippen LogP contribution is 2.26. The minimum atomic E-state index is -3.13. The van der Waals surface area contributed by atoms with Gasteiger partial charge in [-0.05, 0) is 49.8 Å². The number of thioether (sulfide) groups is 1. The van der Waals surface area contributed by atoms with Crippen molar-refractivity contribution in [3.05, 3.63) is 23.8 Å². The van der Waals surface area contributed by atoms with Crippen molar-refractivity contribution < 1.29 is 8.42 Å². The molecule has 1 aromatic rings. The molecule has 0 spiro atoms. The molecule has 3 nitrogen and oxygen atoms in total. The first kappa shape index (κ1) is 14.5. The first-order valence-corrected chi connectivity index (χ1v) is 8.67. The van der Waals surface area contributed by atoms with E-state index in [2.05, 4.69) is 0 Å². The fraction of sp³-hybridized carbons (Fsp3) is 0.500. The zero-order valence-electron chi connectivity index (χ0n) is 10.3. The molecule has 96 valence electrons. The maximum atomic E-state index is 11.6. The fourth-order valence-corrected chi connectivity index (χ4v) is 3.63. The summed E-state index contributed by atoms with van der Waals surface area (Å²) in [6.07, 6.45) is 6.14. The van der Waals surface area contributed by atoms with E-state index in [9.17, 15) is 8.42 Å². The second-order valence-corrected chi connectivity index (χ2v) is 6.84. The molecule has 0 fully saturated rings. The van der Waals surface area contributed by atoms with Gasteiger partial charge in [-0.1, -0.05) is 6.07 Å². The molecule has 5 heteroatoms. The quantitative estimate of drug-likeness (QED) is 0.637. The molecule has 0 bridgehead atoms. The lowest BCUT2D eigenvalue weighted by Crippen LogP contribution is -2.01. The minimum Gasteiger partial charge on any atom is -0.330 e. The molecule has 0 radical (unpaired) electrons. The predicted molar refractivity (Wildman–Crippen MR) is 73.3 cm³/mol. The lowest BCUT2D eigenvalue weighted by molar-refractivity contribution is 0.600. The summed E-state index contributed by atoms with van der Waals surface area (Å²) in [5.41, 5.74) is 6.62. The molecular formula is C12H19NO2S2. The third-order valence-corrected chi connectivity index (χ3v) is 4.61. The van der Waals surface area contributed by atoms with Crippen LogP contribution in [0.5, 0.6) is 0 Å². The monoisotopic (exact) mass is 273 g/mol. The highest BCUT2D eigenvalue weighted by molar-refractivity contribution is 7.99. The first-order chi connectivity index (χ1) is 7.99. The zero-order valence-corrected chi connectivity index (χ0v) is 11.9. The van der Waals surface area contributed by atoms with Crippen molar-refractivity contribution in [2.45, 2.75) is 29.1 Å². The van der Waals surface area contributed by atoms with Crippen molar-refractivity contribution in [1.82, 2.24) is 0 Å². The van der Waals surface area contributed by atoms with Gasteiger partial charge in [0.05, 0.1) is 4.90 Å². The third-order valence-electron chi connectivity index (χ3n) is 2.55. The maximum Gasteiger partial charge on any atom is 0.176 e. The van der Waals surface area contributed by atoms with Crippen LogP contribution in [0.2, 0.25) is 0 Å². The number of aryl methyl sites for hydroxylation is 1. The van der Waals surface area contributed by atoms with E-state index in [1.165, 1.54) is 23.6 Å². The van der Waals surface area contributed by atoms with Crippen LogP contribution in [0.4, 0.5) is 0 Å². The van der Waals surface area contributed by atoms with Crippen molar-refractivity contribution in [2.75, 3.05) is 19.1 Å². The Morgan fingerprint density at radius 1 is 1.29 bits per heavy atom. The Morgan fingerprint density at radius 3 is 2.53 bits per heavy atom. The Bertz CT molecular complexity index is 469. The van der Waals surface area contributed by atoms with E-state index in [1.807, 2.05) is 18.4 Å². The molecule has 0 unspecified atom stereocenters. The van der Waals surface area contributed by atoms with Gasteiger partial charge in [-0.2, -0.15) is 0 Å². The molecular weight excluding hydrogens is 254 g/mol. The molecule has 0 aliphatic carbocycles. The van der Waals surface area contributed by atoms with Crippen LogP contribution in [0.1, 0.15) is 18.4 Å². The molecule has 1 aromatic carbocycles. The van der Waals surface area contributed by atoms with Crippen LogP contribution in [-0.2, 0) is 16.3 Å². The Labute approximate surface area is 108 Å². The van der Waals surface area contributed by atoms with Gasteiger partial charge >= 0.3 is 0 Å². The van der Waals surface area contributed by atoms with E-state index in [0.29, 0.717) is 11.4 Å². The van der Waals surface area contributed by atoms with Crippen molar-refractivity contribution in [1.29, 1.82) is 0 Å². The zero-order chi connectivity index (χ0) is 12.9. The largest absolute Gasteiger partial charge is 0.330 e. The molecule has 17 heavy (non-hydrogen) atoms. The molecule has 0 aliphatic heterocycles. The SMILES string of the molecule is CSc1cc(CCCCN)ccc1S(C)(=O)=O. The third kappa shape index (κ3) is 4.33. The molecule has 0 amide bonds. The predicted octanol–water partition coefficient (Wildman–Crippen LogP) is 2.09. The van der Waals surface area contributed by atoms with Gasteiger partial charge < -0.3 is 5.73 Å². The van der Waals surface area contributed by atoms with E-state index in [-0.39, 0.29) is 0 Å². The minimum absolute atomic E-state index is 0.424. The molecule has 1 rings (SSSR count). The highest BCUT2D eigenvalue weighted by Gasteiger charge is 2.12. The summed E-state index contributed by atoms with van der Waals surface area (Å²) in [7, 11) is -3.13. The Balaban J connectivity index is 2.93. The Kier molecular flexibility index (Phi) is 5.49. The second kappa shape index (κ2) is 6.42. The number of hydrogen-bond acceptors (Lipinski definition) is 4. The smallest absolute Gasteiger partial charge is 0.176 e. The van der Waals surface area contributed by atoms with Gasteiger partial charge in [0.15, 0.2) is 9.84 Å². The van der Waals surface area contributed by atoms with E-state index in [4.69, 9.17) is 5.73 Å². The second-order valence-electron chi connectivity index (χ2n) is 4.00. The number of unbranched alkanes of at least 4 members (excludes halogenated alkanes) is 1. The molecule has 0 atom stereocenters. The van der Waals surface area contributed by atoms with Gasteiger partial charge in [-0.15, -0.1) is 11.8 Å². The number of benzene rings is 1. The number of nitrogens with two attached hydrogens (primary N) is 1. The molecule has 0 saturated carbocycles. The van der Waals surface area contributed by atoms with Gasteiger partial charge in [0.25, 0.3) is 0 Å². The average molecular weight is 273 g/mol. The summed E-state index contributed by atoms with van der Waals surface area (Å²) >= 11 is 1.47. The van der Waals surface area contributed by atoms with Crippen LogP contribution >= 0.6 is 11.8 Å². The lowest BCUT2D eigenvalue weighted by atomic mass is 10.1. The summed E-state index contributed by atoms with van der Waals surface area (Å²) in [4.78, 5) is 1.25.